The number of rotatable bonds is 7. The Morgan fingerprint density at radius 2 is 1.76 bits per heavy atom. The summed E-state index contributed by atoms with van der Waals surface area (Å²) in [7, 11) is 0. The number of benzene rings is 1. The fourth-order valence-electron chi connectivity index (χ4n) is 4.34. The third kappa shape index (κ3) is 6.23. The molecule has 178 valence electrons. The molecule has 2 heterocycles. The molecule has 0 radical (unpaired) electrons. The van der Waals surface area contributed by atoms with Crippen LogP contribution in [0.25, 0.3) is 0 Å². The lowest BCUT2D eigenvalue weighted by molar-refractivity contribution is -0.130. The number of halogens is 1. The normalized spacial score (nSPS) is 17.8. The van der Waals surface area contributed by atoms with Crippen molar-refractivity contribution in [3.8, 4) is 0 Å². The highest BCUT2D eigenvalue weighted by Gasteiger charge is 2.25. The summed E-state index contributed by atoms with van der Waals surface area (Å²) in [6.45, 7) is 2.59. The lowest BCUT2D eigenvalue weighted by Gasteiger charge is -2.34. The van der Waals surface area contributed by atoms with Crippen LogP contribution in [0.4, 0.5) is 10.1 Å². The number of nitrogen functional groups attached to an aromatic ring is 1. The third-order valence-electron chi connectivity index (χ3n) is 6.21. The van der Waals surface area contributed by atoms with E-state index in [0.29, 0.717) is 42.9 Å². The van der Waals surface area contributed by atoms with Gasteiger partial charge in [-0.2, -0.15) is 0 Å². The quantitative estimate of drug-likeness (QED) is 0.466. The van der Waals surface area contributed by atoms with Crippen molar-refractivity contribution in [3.63, 3.8) is 0 Å². The standard InChI is InChI=1S/C22H30FN7O2S/c23-17-6-8-18(9-7-17)25-19(31)14-28-10-12-29(13-11-28)20(32)15-33-22-27-26-21(30(22)24)16-4-2-1-3-5-16/h6-9,16H,1-5,10-15,24H2,(H,25,31). The molecule has 0 bridgehead atoms. The van der Waals surface area contributed by atoms with Crippen LogP contribution >= 0.6 is 11.8 Å². The summed E-state index contributed by atoms with van der Waals surface area (Å²) in [5.74, 6) is 7.16. The third-order valence-corrected chi connectivity index (χ3v) is 7.13. The van der Waals surface area contributed by atoms with Crippen LogP contribution in [-0.4, -0.2) is 75.0 Å². The summed E-state index contributed by atoms with van der Waals surface area (Å²) >= 11 is 1.32. The number of carbonyl (C=O) groups excluding carboxylic acids is 2. The van der Waals surface area contributed by atoms with Crippen LogP contribution in [-0.2, 0) is 9.59 Å². The smallest absolute Gasteiger partial charge is 0.238 e. The van der Waals surface area contributed by atoms with Gasteiger partial charge in [-0.15, -0.1) is 10.2 Å². The Morgan fingerprint density at radius 1 is 1.06 bits per heavy atom. The van der Waals surface area contributed by atoms with Crippen LogP contribution in [0.15, 0.2) is 29.4 Å². The molecule has 1 aromatic carbocycles. The summed E-state index contributed by atoms with van der Waals surface area (Å²) in [6.07, 6.45) is 5.82. The highest BCUT2D eigenvalue weighted by Crippen LogP contribution is 2.32. The lowest BCUT2D eigenvalue weighted by Crippen LogP contribution is -2.50. The van der Waals surface area contributed by atoms with Gasteiger partial charge in [0.05, 0.1) is 12.3 Å². The largest absolute Gasteiger partial charge is 0.339 e. The Morgan fingerprint density at radius 3 is 2.45 bits per heavy atom. The minimum absolute atomic E-state index is 0.0256. The number of aromatic nitrogens is 3. The number of nitrogens with zero attached hydrogens (tertiary/aromatic N) is 5. The molecule has 0 spiro atoms. The average Bonchev–Trinajstić information content (AvgIpc) is 3.20. The van der Waals surface area contributed by atoms with Gasteiger partial charge >= 0.3 is 0 Å². The summed E-state index contributed by atoms with van der Waals surface area (Å²) < 4.78 is 14.5. The maximum Gasteiger partial charge on any atom is 0.238 e. The van der Waals surface area contributed by atoms with Gasteiger partial charge < -0.3 is 16.1 Å². The van der Waals surface area contributed by atoms with E-state index in [-0.39, 0.29) is 29.9 Å². The first-order chi connectivity index (χ1) is 16.0. The molecule has 1 saturated heterocycles. The number of amides is 2. The number of thioether (sulfide) groups is 1. The zero-order valence-electron chi connectivity index (χ0n) is 18.6. The van der Waals surface area contributed by atoms with Crippen LogP contribution in [0.1, 0.15) is 43.8 Å². The van der Waals surface area contributed by atoms with Crippen molar-refractivity contribution in [3.05, 3.63) is 35.9 Å². The van der Waals surface area contributed by atoms with Gasteiger partial charge in [0.25, 0.3) is 0 Å². The van der Waals surface area contributed by atoms with Crippen molar-refractivity contribution in [1.29, 1.82) is 0 Å². The molecule has 0 atom stereocenters. The number of nitrogens with one attached hydrogen (secondary N) is 1. The summed E-state index contributed by atoms with van der Waals surface area (Å²) in [6, 6.07) is 5.67. The van der Waals surface area contributed by atoms with E-state index in [0.717, 1.165) is 18.7 Å². The molecule has 3 N–H and O–H groups in total. The van der Waals surface area contributed by atoms with Gasteiger partial charge in [0, 0.05) is 37.8 Å². The van der Waals surface area contributed by atoms with Gasteiger partial charge in [-0.25, -0.2) is 9.07 Å². The molecule has 2 fully saturated rings. The fourth-order valence-corrected chi connectivity index (χ4v) is 5.10. The zero-order valence-corrected chi connectivity index (χ0v) is 19.4. The molecule has 0 unspecified atom stereocenters. The van der Waals surface area contributed by atoms with Crippen molar-refractivity contribution in [1.82, 2.24) is 24.7 Å². The van der Waals surface area contributed by atoms with Crippen LogP contribution in [0.2, 0.25) is 0 Å². The van der Waals surface area contributed by atoms with E-state index in [2.05, 4.69) is 15.5 Å². The number of piperazine rings is 1. The first-order valence-electron chi connectivity index (χ1n) is 11.4. The topological polar surface area (TPSA) is 109 Å². The van der Waals surface area contributed by atoms with E-state index < -0.39 is 0 Å². The van der Waals surface area contributed by atoms with Crippen molar-refractivity contribution in [2.75, 3.05) is 49.6 Å². The Bertz CT molecular complexity index is 954. The highest BCUT2D eigenvalue weighted by molar-refractivity contribution is 7.99. The number of anilines is 1. The minimum atomic E-state index is -0.344. The van der Waals surface area contributed by atoms with Crippen molar-refractivity contribution in [2.45, 2.75) is 43.2 Å². The lowest BCUT2D eigenvalue weighted by atomic mass is 9.89. The molecule has 11 heteroatoms. The van der Waals surface area contributed by atoms with Crippen molar-refractivity contribution in [2.24, 2.45) is 0 Å². The molecule has 1 aromatic heterocycles. The summed E-state index contributed by atoms with van der Waals surface area (Å²) in [5, 5.41) is 11.8. The molecule has 1 aliphatic heterocycles. The van der Waals surface area contributed by atoms with E-state index in [1.807, 2.05) is 4.90 Å². The van der Waals surface area contributed by atoms with Crippen molar-refractivity contribution < 1.29 is 14.0 Å². The fraction of sp³-hybridized carbons (Fsp3) is 0.545. The van der Waals surface area contributed by atoms with Gasteiger partial charge in [0.2, 0.25) is 17.0 Å². The second-order valence-electron chi connectivity index (χ2n) is 8.55. The predicted molar refractivity (Wildman–Crippen MR) is 125 cm³/mol. The Balaban J connectivity index is 1.19. The number of hydrogen-bond acceptors (Lipinski definition) is 7. The van der Waals surface area contributed by atoms with Crippen LogP contribution < -0.4 is 11.2 Å². The molecule has 2 aromatic rings. The van der Waals surface area contributed by atoms with Gasteiger partial charge in [0.1, 0.15) is 5.82 Å². The zero-order chi connectivity index (χ0) is 23.2. The van der Waals surface area contributed by atoms with Gasteiger partial charge in [-0.05, 0) is 37.1 Å². The molecule has 9 nitrogen and oxygen atoms in total. The van der Waals surface area contributed by atoms with E-state index in [4.69, 9.17) is 5.84 Å². The number of hydrogen-bond donors (Lipinski definition) is 2. The second-order valence-corrected chi connectivity index (χ2v) is 9.49. The van der Waals surface area contributed by atoms with E-state index in [1.54, 1.807) is 9.58 Å². The summed E-state index contributed by atoms with van der Waals surface area (Å²) in [4.78, 5) is 28.7. The average molecular weight is 476 g/mol. The molecule has 1 saturated carbocycles. The van der Waals surface area contributed by atoms with E-state index in [9.17, 15) is 14.0 Å². The molecule has 2 amide bonds. The van der Waals surface area contributed by atoms with Crippen molar-refractivity contribution >= 4 is 29.3 Å². The molecule has 1 aliphatic carbocycles. The van der Waals surface area contributed by atoms with E-state index in [1.165, 1.54) is 55.3 Å². The molecular formula is C22H30FN7O2S. The first-order valence-corrected chi connectivity index (χ1v) is 12.4. The second kappa shape index (κ2) is 11.0. The molecule has 33 heavy (non-hydrogen) atoms. The monoisotopic (exact) mass is 475 g/mol. The van der Waals surface area contributed by atoms with Crippen LogP contribution in [0, 0.1) is 5.82 Å². The minimum Gasteiger partial charge on any atom is -0.339 e. The molecule has 2 aliphatic rings. The molecule has 4 rings (SSSR count). The van der Waals surface area contributed by atoms with Gasteiger partial charge in [-0.3, -0.25) is 14.5 Å². The number of nitrogens with two attached hydrogens (primary N) is 1. The van der Waals surface area contributed by atoms with Gasteiger partial charge in [0.15, 0.2) is 5.82 Å². The SMILES string of the molecule is Nn1c(SCC(=O)N2CCN(CC(=O)Nc3ccc(F)cc3)CC2)nnc1C1CCCCC1. The Kier molecular flexibility index (Phi) is 7.81. The summed E-state index contributed by atoms with van der Waals surface area (Å²) in [5.41, 5.74) is 0.562. The first kappa shape index (κ1) is 23.5. The number of carbonyl (C=O) groups is 2. The Hall–Kier alpha value is -2.66. The highest BCUT2D eigenvalue weighted by atomic mass is 32.2. The van der Waals surface area contributed by atoms with E-state index >= 15 is 0 Å². The maximum atomic E-state index is 13.0. The predicted octanol–water partition coefficient (Wildman–Crippen LogP) is 2.05. The van der Waals surface area contributed by atoms with Crippen LogP contribution in [0.3, 0.4) is 0 Å². The Labute approximate surface area is 196 Å². The molecular weight excluding hydrogens is 445 g/mol. The van der Waals surface area contributed by atoms with Crippen LogP contribution in [0.5, 0.6) is 0 Å². The van der Waals surface area contributed by atoms with Gasteiger partial charge in [-0.1, -0.05) is 31.0 Å². The maximum absolute atomic E-state index is 13.0.